The maximum atomic E-state index is 13.8. The Balaban J connectivity index is 2.26. The molecular weight excluding hydrogens is 259 g/mol. The van der Waals surface area contributed by atoms with Gasteiger partial charge in [-0.25, -0.2) is 4.39 Å². The SMILES string of the molecule is COc1ccc(C2NCC(=O)N2CC(C)(C)C)cc1F. The van der Waals surface area contributed by atoms with Crippen LogP contribution in [-0.2, 0) is 4.79 Å². The standard InChI is InChI=1S/C15H21FN2O2/c1-15(2,3)9-18-13(19)8-17-14(18)10-5-6-12(20-4)11(16)7-10/h5-7,14,17H,8-9H2,1-4H3. The summed E-state index contributed by atoms with van der Waals surface area (Å²) in [4.78, 5) is 13.8. The summed E-state index contributed by atoms with van der Waals surface area (Å²) in [6, 6.07) is 4.79. The molecule has 1 saturated heterocycles. The normalized spacial score (nSPS) is 19.6. The molecule has 1 aliphatic heterocycles. The van der Waals surface area contributed by atoms with E-state index in [0.29, 0.717) is 6.54 Å². The van der Waals surface area contributed by atoms with E-state index in [4.69, 9.17) is 4.74 Å². The Kier molecular flexibility index (Phi) is 3.99. The number of halogens is 1. The summed E-state index contributed by atoms with van der Waals surface area (Å²) in [6.07, 6.45) is -0.276. The summed E-state index contributed by atoms with van der Waals surface area (Å²) in [5.74, 6) is -0.163. The summed E-state index contributed by atoms with van der Waals surface area (Å²) >= 11 is 0. The van der Waals surface area contributed by atoms with Crippen LogP contribution in [0, 0.1) is 11.2 Å². The quantitative estimate of drug-likeness (QED) is 0.924. The van der Waals surface area contributed by atoms with E-state index in [1.807, 2.05) is 0 Å². The summed E-state index contributed by atoms with van der Waals surface area (Å²) in [5.41, 5.74) is 0.726. The number of benzene rings is 1. The molecule has 0 spiro atoms. The van der Waals surface area contributed by atoms with Gasteiger partial charge >= 0.3 is 0 Å². The number of rotatable bonds is 3. The van der Waals surface area contributed by atoms with Gasteiger partial charge in [-0.3, -0.25) is 10.1 Å². The molecule has 1 aromatic rings. The Morgan fingerprint density at radius 1 is 1.45 bits per heavy atom. The first-order valence-electron chi connectivity index (χ1n) is 6.68. The fourth-order valence-electron chi connectivity index (χ4n) is 2.38. The minimum absolute atomic E-state index is 0.00898. The van der Waals surface area contributed by atoms with Gasteiger partial charge in [-0.15, -0.1) is 0 Å². The predicted octanol–water partition coefficient (Wildman–Crippen LogP) is 2.31. The fourth-order valence-corrected chi connectivity index (χ4v) is 2.38. The van der Waals surface area contributed by atoms with Gasteiger partial charge in [-0.2, -0.15) is 0 Å². The lowest BCUT2D eigenvalue weighted by Gasteiger charge is -2.31. The molecule has 1 aromatic carbocycles. The van der Waals surface area contributed by atoms with Gasteiger partial charge in [-0.05, 0) is 23.1 Å². The highest BCUT2D eigenvalue weighted by Crippen LogP contribution is 2.29. The lowest BCUT2D eigenvalue weighted by Crippen LogP contribution is -2.37. The van der Waals surface area contributed by atoms with Gasteiger partial charge in [0.05, 0.1) is 13.7 Å². The molecule has 110 valence electrons. The van der Waals surface area contributed by atoms with E-state index in [1.54, 1.807) is 17.0 Å². The fraction of sp³-hybridized carbons (Fsp3) is 0.533. The topological polar surface area (TPSA) is 41.6 Å². The molecule has 0 aromatic heterocycles. The van der Waals surface area contributed by atoms with E-state index in [-0.39, 0.29) is 29.8 Å². The van der Waals surface area contributed by atoms with Crippen molar-refractivity contribution in [2.24, 2.45) is 5.41 Å². The van der Waals surface area contributed by atoms with Gasteiger partial charge in [0, 0.05) is 6.54 Å². The number of nitrogens with one attached hydrogen (secondary N) is 1. The lowest BCUT2D eigenvalue weighted by atomic mass is 9.95. The van der Waals surface area contributed by atoms with Gasteiger partial charge in [0.1, 0.15) is 6.17 Å². The average molecular weight is 280 g/mol. The molecule has 4 nitrogen and oxygen atoms in total. The zero-order chi connectivity index (χ0) is 14.9. The van der Waals surface area contributed by atoms with Crippen LogP contribution in [0.2, 0.25) is 0 Å². The van der Waals surface area contributed by atoms with E-state index in [2.05, 4.69) is 26.1 Å². The number of nitrogens with zero attached hydrogens (tertiary/aromatic N) is 1. The van der Waals surface area contributed by atoms with Crippen LogP contribution in [0.25, 0.3) is 0 Å². The average Bonchev–Trinajstić information content (AvgIpc) is 2.69. The van der Waals surface area contributed by atoms with Crippen molar-refractivity contribution >= 4 is 5.91 Å². The van der Waals surface area contributed by atoms with Gasteiger partial charge in [0.2, 0.25) is 5.91 Å². The third-order valence-corrected chi connectivity index (χ3v) is 3.21. The van der Waals surface area contributed by atoms with Crippen molar-refractivity contribution in [2.45, 2.75) is 26.9 Å². The molecule has 0 bridgehead atoms. The molecule has 1 atom stereocenters. The molecule has 1 amide bonds. The van der Waals surface area contributed by atoms with Crippen molar-refractivity contribution in [3.05, 3.63) is 29.6 Å². The zero-order valence-corrected chi connectivity index (χ0v) is 12.4. The molecule has 1 aliphatic rings. The highest BCUT2D eigenvalue weighted by Gasteiger charge is 2.34. The third-order valence-electron chi connectivity index (χ3n) is 3.21. The first-order chi connectivity index (χ1) is 9.31. The Morgan fingerprint density at radius 3 is 2.70 bits per heavy atom. The van der Waals surface area contributed by atoms with Crippen molar-refractivity contribution in [3.8, 4) is 5.75 Å². The van der Waals surface area contributed by atoms with Crippen LogP contribution in [0.5, 0.6) is 5.75 Å². The van der Waals surface area contributed by atoms with Crippen LogP contribution < -0.4 is 10.1 Å². The second-order valence-corrected chi connectivity index (χ2v) is 6.26. The Labute approximate surface area is 118 Å². The summed E-state index contributed by atoms with van der Waals surface area (Å²) in [7, 11) is 1.43. The second kappa shape index (κ2) is 5.40. The number of hydrogen-bond donors (Lipinski definition) is 1. The minimum Gasteiger partial charge on any atom is -0.494 e. The van der Waals surface area contributed by atoms with E-state index in [9.17, 15) is 9.18 Å². The maximum Gasteiger partial charge on any atom is 0.238 e. The number of amides is 1. The molecule has 1 unspecified atom stereocenters. The summed E-state index contributed by atoms with van der Waals surface area (Å²) < 4.78 is 18.7. The molecule has 0 aliphatic carbocycles. The van der Waals surface area contributed by atoms with Gasteiger partial charge in [-0.1, -0.05) is 26.8 Å². The first kappa shape index (κ1) is 14.8. The molecule has 1 heterocycles. The molecular formula is C15H21FN2O2. The Bertz CT molecular complexity index is 511. The molecule has 2 rings (SSSR count). The van der Waals surface area contributed by atoms with Crippen LogP contribution in [0.15, 0.2) is 18.2 Å². The van der Waals surface area contributed by atoms with E-state index >= 15 is 0 Å². The van der Waals surface area contributed by atoms with Crippen molar-refractivity contribution in [3.63, 3.8) is 0 Å². The van der Waals surface area contributed by atoms with Crippen molar-refractivity contribution in [2.75, 3.05) is 20.2 Å². The Morgan fingerprint density at radius 2 is 2.15 bits per heavy atom. The smallest absolute Gasteiger partial charge is 0.238 e. The highest BCUT2D eigenvalue weighted by molar-refractivity contribution is 5.81. The monoisotopic (exact) mass is 280 g/mol. The number of ether oxygens (including phenoxy) is 1. The highest BCUT2D eigenvalue weighted by atomic mass is 19.1. The van der Waals surface area contributed by atoms with E-state index in [0.717, 1.165) is 5.56 Å². The summed E-state index contributed by atoms with van der Waals surface area (Å²) in [5, 5.41) is 3.13. The van der Waals surface area contributed by atoms with Gasteiger partial charge in [0.25, 0.3) is 0 Å². The number of hydrogen-bond acceptors (Lipinski definition) is 3. The maximum absolute atomic E-state index is 13.8. The second-order valence-electron chi connectivity index (χ2n) is 6.26. The summed E-state index contributed by atoms with van der Waals surface area (Å²) in [6.45, 7) is 7.13. The van der Waals surface area contributed by atoms with Crippen LogP contribution in [-0.4, -0.2) is 31.0 Å². The molecule has 1 N–H and O–H groups in total. The Hall–Kier alpha value is -1.62. The number of carbonyl (C=O) groups is 1. The van der Waals surface area contributed by atoms with Crippen molar-refractivity contribution in [1.29, 1.82) is 0 Å². The molecule has 0 radical (unpaired) electrons. The van der Waals surface area contributed by atoms with Crippen LogP contribution in [0.1, 0.15) is 32.5 Å². The molecule has 0 saturated carbocycles. The first-order valence-corrected chi connectivity index (χ1v) is 6.68. The minimum atomic E-state index is -0.415. The van der Waals surface area contributed by atoms with Gasteiger partial charge in [0.15, 0.2) is 11.6 Å². The van der Waals surface area contributed by atoms with Crippen molar-refractivity contribution in [1.82, 2.24) is 10.2 Å². The molecule has 1 fully saturated rings. The van der Waals surface area contributed by atoms with E-state index in [1.165, 1.54) is 13.2 Å². The van der Waals surface area contributed by atoms with Gasteiger partial charge < -0.3 is 9.64 Å². The van der Waals surface area contributed by atoms with Crippen molar-refractivity contribution < 1.29 is 13.9 Å². The molecule has 5 heteroatoms. The number of carbonyl (C=O) groups excluding carboxylic acids is 1. The number of methoxy groups -OCH3 is 1. The zero-order valence-electron chi connectivity index (χ0n) is 12.4. The van der Waals surface area contributed by atoms with E-state index < -0.39 is 5.82 Å². The largest absolute Gasteiger partial charge is 0.494 e. The van der Waals surface area contributed by atoms with Crippen LogP contribution >= 0.6 is 0 Å². The third kappa shape index (κ3) is 3.10. The lowest BCUT2D eigenvalue weighted by molar-refractivity contribution is -0.129. The van der Waals surface area contributed by atoms with Crippen LogP contribution in [0.4, 0.5) is 4.39 Å². The predicted molar refractivity (Wildman–Crippen MR) is 74.9 cm³/mol. The van der Waals surface area contributed by atoms with Crippen LogP contribution in [0.3, 0.4) is 0 Å². The molecule has 20 heavy (non-hydrogen) atoms.